The van der Waals surface area contributed by atoms with Crippen LogP contribution in [0.5, 0.6) is 5.75 Å². The van der Waals surface area contributed by atoms with Crippen molar-refractivity contribution in [1.29, 1.82) is 0 Å². The second-order valence-corrected chi connectivity index (χ2v) is 4.69. The molecule has 0 aromatic heterocycles. The molecule has 1 radical (unpaired) electrons. The molecule has 1 N–H and O–H groups in total. The average Bonchev–Trinajstić information content (AvgIpc) is 2.47. The molecule has 0 aliphatic carbocycles. The topological polar surface area (TPSA) is 32.6 Å². The van der Waals surface area contributed by atoms with Crippen molar-refractivity contribution in [3.8, 4) is 5.75 Å². The first-order valence-electron chi connectivity index (χ1n) is 6.09. The normalized spacial score (nSPS) is 10.9. The van der Waals surface area contributed by atoms with E-state index in [4.69, 9.17) is 0 Å². The van der Waals surface area contributed by atoms with Crippen molar-refractivity contribution in [1.82, 2.24) is 0 Å². The van der Waals surface area contributed by atoms with Crippen molar-refractivity contribution >= 4 is 11.9 Å². The molecule has 0 saturated carbocycles. The minimum absolute atomic E-state index is 0. The quantitative estimate of drug-likeness (QED) is 0.362. The van der Waals surface area contributed by atoms with Gasteiger partial charge in [0.15, 0.2) is 23.3 Å². The fourth-order valence-corrected chi connectivity index (χ4v) is 1.91. The molecule has 2 nitrogen and oxygen atoms in total. The number of rotatable bonds is 2. The maximum atomic E-state index is 13.5. The minimum atomic E-state index is -2.23. The summed E-state index contributed by atoms with van der Waals surface area (Å²) in [5, 5.41) is 9.78. The first-order chi connectivity index (χ1) is 10.2. The summed E-state index contributed by atoms with van der Waals surface area (Å²) >= 11 is 0. The molecule has 0 spiro atoms. The van der Waals surface area contributed by atoms with Gasteiger partial charge in [0.2, 0.25) is 5.82 Å². The van der Waals surface area contributed by atoms with Gasteiger partial charge in [-0.15, -0.1) is 0 Å². The Bertz CT molecular complexity index is 763. The fourth-order valence-electron chi connectivity index (χ4n) is 1.91. The smallest absolute Gasteiger partial charge is 0.200 e. The van der Waals surface area contributed by atoms with E-state index in [-0.39, 0.29) is 30.0 Å². The van der Waals surface area contributed by atoms with Gasteiger partial charge in [-0.2, -0.15) is 0 Å². The van der Waals surface area contributed by atoms with Gasteiger partial charge in [0.1, 0.15) is 11.4 Å². The van der Waals surface area contributed by atoms with Crippen molar-refractivity contribution in [3.05, 3.63) is 57.9 Å². The number of benzene rings is 2. The second kappa shape index (κ2) is 7.15. The minimum Gasteiger partial charge on any atom is -0.505 e. The predicted molar refractivity (Wildman–Crippen MR) is 71.1 cm³/mol. The third-order valence-electron chi connectivity index (χ3n) is 3.00. The molecule has 0 aliphatic rings. The largest absolute Gasteiger partial charge is 0.505 e. The maximum absolute atomic E-state index is 13.5. The fraction of sp³-hybridized carbons (Fsp3) is 0.133. The van der Waals surface area contributed by atoms with Crippen molar-refractivity contribution in [3.63, 3.8) is 0 Å². The molecule has 0 aliphatic heterocycles. The summed E-state index contributed by atoms with van der Waals surface area (Å²) in [7, 11) is 0. The summed E-state index contributed by atoms with van der Waals surface area (Å²) in [6, 6.07) is 3.05. The van der Waals surface area contributed by atoms with Crippen LogP contribution in [0, 0.1) is 42.9 Å². The maximum Gasteiger partial charge on any atom is 0.200 e. The van der Waals surface area contributed by atoms with Crippen molar-refractivity contribution in [2.45, 2.75) is 13.8 Å². The number of aryl methyl sites for hydroxylation is 2. The van der Waals surface area contributed by atoms with Crippen LogP contribution in [-0.2, 0) is 18.6 Å². The molecule has 23 heavy (non-hydrogen) atoms. The molecule has 0 bridgehead atoms. The number of aromatic hydroxyl groups is 1. The average molecular weight is 366 g/mol. The first-order valence-corrected chi connectivity index (χ1v) is 6.09. The van der Waals surface area contributed by atoms with Crippen LogP contribution in [0.15, 0.2) is 17.1 Å². The monoisotopic (exact) mass is 366 g/mol. The zero-order valence-electron chi connectivity index (χ0n) is 12.0. The van der Waals surface area contributed by atoms with Crippen LogP contribution >= 0.6 is 0 Å². The number of halogens is 5. The van der Waals surface area contributed by atoms with E-state index < -0.39 is 34.6 Å². The van der Waals surface area contributed by atoms with E-state index in [1.165, 1.54) is 6.07 Å². The Kier molecular flexibility index (Phi) is 5.96. The molecular weight excluding hydrogens is 356 g/mol. The molecule has 0 heterocycles. The number of nitrogens with zero attached hydrogens (tertiary/aromatic N) is 1. The van der Waals surface area contributed by atoms with E-state index in [0.29, 0.717) is 17.3 Å². The van der Waals surface area contributed by atoms with Crippen LogP contribution in [0.2, 0.25) is 0 Å². The van der Waals surface area contributed by atoms with Crippen LogP contribution in [0.25, 0.3) is 0 Å². The third-order valence-corrected chi connectivity index (χ3v) is 3.00. The third kappa shape index (κ3) is 3.56. The molecule has 0 amide bonds. The van der Waals surface area contributed by atoms with E-state index >= 15 is 0 Å². The molecule has 2 aromatic rings. The van der Waals surface area contributed by atoms with Crippen LogP contribution in [-0.4, -0.2) is 11.3 Å². The summed E-state index contributed by atoms with van der Waals surface area (Å²) in [5.74, 6) is -10.5. The Morgan fingerprint density at radius 1 is 0.870 bits per heavy atom. The van der Waals surface area contributed by atoms with E-state index in [0.717, 1.165) is 0 Å². The molecular formula is C15H10F5NOV. The molecule has 0 unspecified atom stereocenters. The molecule has 8 heteroatoms. The molecule has 2 aromatic carbocycles. The van der Waals surface area contributed by atoms with Gasteiger partial charge in [0.25, 0.3) is 0 Å². The predicted octanol–water partition coefficient (Wildman–Crippen LogP) is 4.45. The van der Waals surface area contributed by atoms with Gasteiger partial charge in [-0.3, -0.25) is 4.99 Å². The van der Waals surface area contributed by atoms with Crippen molar-refractivity contribution in [2.24, 2.45) is 4.99 Å². The van der Waals surface area contributed by atoms with E-state index in [1.54, 1.807) is 19.9 Å². The van der Waals surface area contributed by atoms with Gasteiger partial charge in [0.05, 0.1) is 5.56 Å². The number of aliphatic imine (C=N–C) groups is 1. The second-order valence-electron chi connectivity index (χ2n) is 4.69. The Balaban J connectivity index is 0.00000264. The Morgan fingerprint density at radius 3 is 1.87 bits per heavy atom. The molecule has 0 fully saturated rings. The van der Waals surface area contributed by atoms with E-state index in [1.807, 2.05) is 0 Å². The Labute approximate surface area is 140 Å². The summed E-state index contributed by atoms with van der Waals surface area (Å²) in [6.07, 6.45) is 0.490. The molecule has 0 atom stereocenters. The summed E-state index contributed by atoms with van der Waals surface area (Å²) in [5.41, 5.74) is -0.0409. The van der Waals surface area contributed by atoms with Crippen LogP contribution < -0.4 is 0 Å². The number of phenols is 1. The van der Waals surface area contributed by atoms with Crippen molar-refractivity contribution < 1.29 is 45.6 Å². The van der Waals surface area contributed by atoms with E-state index in [9.17, 15) is 27.1 Å². The summed E-state index contributed by atoms with van der Waals surface area (Å²) in [4.78, 5) is 3.62. The van der Waals surface area contributed by atoms with Gasteiger partial charge >= 0.3 is 0 Å². The Hall–Kier alpha value is -1.86. The summed E-state index contributed by atoms with van der Waals surface area (Å²) in [6.45, 7) is 3.28. The van der Waals surface area contributed by atoms with Crippen LogP contribution in [0.3, 0.4) is 0 Å². The molecule has 121 valence electrons. The number of phenolic OH excluding ortho intramolecular Hbond substituents is 1. The molecule has 0 saturated heterocycles. The van der Waals surface area contributed by atoms with Crippen LogP contribution in [0.4, 0.5) is 27.6 Å². The van der Waals surface area contributed by atoms with Gasteiger partial charge in [-0.05, 0) is 31.0 Å². The number of hydrogen-bond acceptors (Lipinski definition) is 2. The zero-order chi connectivity index (χ0) is 16.6. The summed E-state index contributed by atoms with van der Waals surface area (Å²) < 4.78 is 66.0. The van der Waals surface area contributed by atoms with Gasteiger partial charge < -0.3 is 5.11 Å². The van der Waals surface area contributed by atoms with Crippen LogP contribution in [0.1, 0.15) is 16.7 Å². The first kappa shape index (κ1) is 19.2. The van der Waals surface area contributed by atoms with Crippen molar-refractivity contribution in [2.75, 3.05) is 0 Å². The van der Waals surface area contributed by atoms with Gasteiger partial charge in [0, 0.05) is 24.8 Å². The number of hydrogen-bond donors (Lipinski definition) is 1. The van der Waals surface area contributed by atoms with Gasteiger partial charge in [-0.1, -0.05) is 6.07 Å². The SMILES string of the molecule is Cc1cc(C)c(O)c(N=Cc2c(F)c(F)c(F)c(F)c2F)c1.[V]. The zero-order valence-corrected chi connectivity index (χ0v) is 13.4. The van der Waals surface area contributed by atoms with E-state index in [2.05, 4.69) is 4.99 Å². The Morgan fingerprint density at radius 2 is 1.35 bits per heavy atom. The standard InChI is InChI=1S/C15H10F5NO.V/c1-6-3-7(2)15(22)9(4-6)21-5-8-10(16)12(18)14(20)13(19)11(8)17;/h3-5,22H,1-2H3;. The van der Waals surface area contributed by atoms with Gasteiger partial charge in [-0.25, -0.2) is 22.0 Å². The molecule has 2 rings (SSSR count).